The lowest BCUT2D eigenvalue weighted by Gasteiger charge is -2.15. The summed E-state index contributed by atoms with van der Waals surface area (Å²) in [7, 11) is 0. The molecule has 0 fully saturated rings. The predicted molar refractivity (Wildman–Crippen MR) is 196 cm³/mol. The molecule has 0 aromatic rings. The van der Waals surface area contributed by atoms with Gasteiger partial charge in [0.05, 0.1) is 6.61 Å². The van der Waals surface area contributed by atoms with Gasteiger partial charge >= 0.3 is 11.9 Å². The van der Waals surface area contributed by atoms with Crippen molar-refractivity contribution in [3.8, 4) is 0 Å². The number of allylic oxidation sites excluding steroid dienone is 14. The van der Waals surface area contributed by atoms with E-state index in [0.717, 1.165) is 77.0 Å². The van der Waals surface area contributed by atoms with Gasteiger partial charge in [-0.25, -0.2) is 0 Å². The molecule has 260 valence electrons. The first-order valence-electron chi connectivity index (χ1n) is 18.1. The number of rotatable bonds is 31. The van der Waals surface area contributed by atoms with Crippen LogP contribution in [0.15, 0.2) is 85.1 Å². The van der Waals surface area contributed by atoms with Gasteiger partial charge in [-0.1, -0.05) is 131 Å². The summed E-state index contributed by atoms with van der Waals surface area (Å²) in [5, 5.41) is 9.52. The van der Waals surface area contributed by atoms with Crippen molar-refractivity contribution in [3.05, 3.63) is 85.1 Å². The van der Waals surface area contributed by atoms with E-state index in [1.807, 2.05) is 0 Å². The predicted octanol–water partition coefficient (Wildman–Crippen LogP) is 11.2. The Kier molecular flexibility index (Phi) is 34.2. The van der Waals surface area contributed by atoms with Crippen LogP contribution >= 0.6 is 0 Å². The molecular formula is C41H66O5. The Bertz CT molecular complexity index is 906. The number of ether oxygens (including phenoxy) is 2. The summed E-state index contributed by atoms with van der Waals surface area (Å²) < 4.78 is 10.5. The van der Waals surface area contributed by atoms with E-state index < -0.39 is 6.10 Å². The molecular weight excluding hydrogens is 572 g/mol. The van der Waals surface area contributed by atoms with Gasteiger partial charge in [0, 0.05) is 12.8 Å². The van der Waals surface area contributed by atoms with E-state index in [2.05, 4.69) is 98.9 Å². The first kappa shape index (κ1) is 43.1. The summed E-state index contributed by atoms with van der Waals surface area (Å²) >= 11 is 0. The lowest BCUT2D eigenvalue weighted by atomic mass is 10.1. The van der Waals surface area contributed by atoms with Crippen LogP contribution in [-0.2, 0) is 19.1 Å². The minimum absolute atomic E-state index is 0.101. The zero-order valence-electron chi connectivity index (χ0n) is 29.3. The van der Waals surface area contributed by atoms with Crippen LogP contribution in [0, 0.1) is 0 Å². The molecule has 0 radical (unpaired) electrons. The van der Waals surface area contributed by atoms with E-state index in [1.54, 1.807) is 0 Å². The number of aliphatic hydroxyl groups excluding tert-OH is 1. The molecule has 0 saturated carbocycles. The fourth-order valence-electron chi connectivity index (χ4n) is 4.44. The Morgan fingerprint density at radius 2 is 0.957 bits per heavy atom. The number of carbonyl (C=O) groups excluding carboxylic acids is 2. The van der Waals surface area contributed by atoms with Gasteiger partial charge < -0.3 is 14.6 Å². The summed E-state index contributed by atoms with van der Waals surface area (Å²) in [6, 6.07) is 0. The van der Waals surface area contributed by atoms with Gasteiger partial charge in [0.2, 0.25) is 0 Å². The number of esters is 2. The summed E-state index contributed by atoms with van der Waals surface area (Å²) in [5.41, 5.74) is 0. The Morgan fingerprint density at radius 1 is 0.522 bits per heavy atom. The number of hydrogen-bond acceptors (Lipinski definition) is 5. The second kappa shape index (κ2) is 36.5. The lowest BCUT2D eigenvalue weighted by Crippen LogP contribution is -2.28. The molecule has 0 rings (SSSR count). The highest BCUT2D eigenvalue weighted by atomic mass is 16.6. The molecule has 0 aliphatic heterocycles. The maximum absolute atomic E-state index is 12.1. The molecule has 1 N–H and O–H groups in total. The third kappa shape index (κ3) is 34.0. The first-order chi connectivity index (χ1) is 22.6. The molecule has 0 aliphatic carbocycles. The van der Waals surface area contributed by atoms with Crippen LogP contribution in [0.2, 0.25) is 0 Å². The van der Waals surface area contributed by atoms with Crippen LogP contribution in [0.3, 0.4) is 0 Å². The summed E-state index contributed by atoms with van der Waals surface area (Å²) in [6.07, 6.45) is 49.2. The number of carbonyl (C=O) groups is 2. The minimum Gasteiger partial charge on any atom is -0.462 e. The SMILES string of the molecule is CCC=CCC=CCC=CCC=CCC=CCCCC(=O)OC(CO)COC(=O)CCCCCCCC=CCC=CCCCCC. The van der Waals surface area contributed by atoms with Gasteiger partial charge in [0.1, 0.15) is 6.61 Å². The normalized spacial score (nSPS) is 13.2. The third-order valence-corrected chi connectivity index (χ3v) is 7.17. The van der Waals surface area contributed by atoms with Crippen molar-refractivity contribution < 1.29 is 24.2 Å². The van der Waals surface area contributed by atoms with Gasteiger partial charge in [-0.15, -0.1) is 0 Å². The molecule has 0 saturated heterocycles. The van der Waals surface area contributed by atoms with E-state index >= 15 is 0 Å². The van der Waals surface area contributed by atoms with Crippen LogP contribution in [0.25, 0.3) is 0 Å². The highest BCUT2D eigenvalue weighted by Crippen LogP contribution is 2.10. The van der Waals surface area contributed by atoms with E-state index in [1.165, 1.54) is 32.1 Å². The van der Waals surface area contributed by atoms with Crippen LogP contribution in [0.4, 0.5) is 0 Å². The van der Waals surface area contributed by atoms with Crippen molar-refractivity contribution >= 4 is 11.9 Å². The Morgan fingerprint density at radius 3 is 1.48 bits per heavy atom. The molecule has 0 aliphatic rings. The molecule has 1 unspecified atom stereocenters. The summed E-state index contributed by atoms with van der Waals surface area (Å²) in [6.45, 7) is 3.91. The standard InChI is InChI=1S/C41H66O5/c1-3-5-7-9-11-13-15-17-19-20-22-24-26-28-30-32-34-36-41(44)46-39(37-42)38-45-40(43)35-33-31-29-27-25-23-21-18-16-14-12-10-8-6-4-2/h5,7,11-14,17-19,21-22,24,28,30,39,42H,3-4,6,8-10,15-16,20,23,25-27,29,31-38H2,1-2H3. The highest BCUT2D eigenvalue weighted by Gasteiger charge is 2.15. The number of hydrogen-bond donors (Lipinski definition) is 1. The second-order valence-corrected chi connectivity index (χ2v) is 11.6. The van der Waals surface area contributed by atoms with E-state index in [4.69, 9.17) is 9.47 Å². The monoisotopic (exact) mass is 638 g/mol. The van der Waals surface area contributed by atoms with Crippen molar-refractivity contribution in [2.75, 3.05) is 13.2 Å². The van der Waals surface area contributed by atoms with Crippen LogP contribution in [0.5, 0.6) is 0 Å². The maximum Gasteiger partial charge on any atom is 0.306 e. The topological polar surface area (TPSA) is 72.8 Å². The Labute approximate surface area is 282 Å². The number of unbranched alkanes of at least 4 members (excludes halogenated alkanes) is 9. The largest absolute Gasteiger partial charge is 0.462 e. The quantitative estimate of drug-likeness (QED) is 0.0465. The van der Waals surface area contributed by atoms with Crippen molar-refractivity contribution in [2.24, 2.45) is 0 Å². The molecule has 0 bridgehead atoms. The average Bonchev–Trinajstić information content (AvgIpc) is 3.06. The highest BCUT2D eigenvalue weighted by molar-refractivity contribution is 5.70. The van der Waals surface area contributed by atoms with Crippen molar-refractivity contribution in [1.29, 1.82) is 0 Å². The fraction of sp³-hybridized carbons (Fsp3) is 0.610. The van der Waals surface area contributed by atoms with E-state index in [-0.39, 0.29) is 31.6 Å². The van der Waals surface area contributed by atoms with E-state index in [0.29, 0.717) is 12.8 Å². The molecule has 1 atom stereocenters. The maximum atomic E-state index is 12.1. The molecule has 0 spiro atoms. The Hall–Kier alpha value is -2.92. The van der Waals surface area contributed by atoms with E-state index in [9.17, 15) is 14.7 Å². The fourth-order valence-corrected chi connectivity index (χ4v) is 4.44. The molecule has 0 amide bonds. The first-order valence-corrected chi connectivity index (χ1v) is 18.1. The van der Waals surface area contributed by atoms with Crippen molar-refractivity contribution in [2.45, 2.75) is 148 Å². The molecule has 5 nitrogen and oxygen atoms in total. The molecule has 0 aromatic heterocycles. The third-order valence-electron chi connectivity index (χ3n) is 7.17. The summed E-state index contributed by atoms with van der Waals surface area (Å²) in [5.74, 6) is -0.685. The smallest absolute Gasteiger partial charge is 0.306 e. The summed E-state index contributed by atoms with van der Waals surface area (Å²) in [4.78, 5) is 24.2. The molecule has 46 heavy (non-hydrogen) atoms. The zero-order chi connectivity index (χ0) is 33.6. The van der Waals surface area contributed by atoms with Crippen molar-refractivity contribution in [3.63, 3.8) is 0 Å². The minimum atomic E-state index is -0.810. The van der Waals surface area contributed by atoms with Gasteiger partial charge in [0.25, 0.3) is 0 Å². The Balaban J connectivity index is 3.74. The molecule has 0 aromatic carbocycles. The second-order valence-electron chi connectivity index (χ2n) is 11.6. The van der Waals surface area contributed by atoms with Gasteiger partial charge in [-0.3, -0.25) is 9.59 Å². The zero-order valence-corrected chi connectivity index (χ0v) is 29.3. The molecule has 5 heteroatoms. The van der Waals surface area contributed by atoms with Crippen molar-refractivity contribution in [1.82, 2.24) is 0 Å². The molecule has 0 heterocycles. The van der Waals surface area contributed by atoms with Crippen LogP contribution in [0.1, 0.15) is 142 Å². The van der Waals surface area contributed by atoms with Crippen LogP contribution < -0.4 is 0 Å². The van der Waals surface area contributed by atoms with Gasteiger partial charge in [-0.05, 0) is 83.5 Å². The van der Waals surface area contributed by atoms with Crippen LogP contribution in [-0.4, -0.2) is 36.4 Å². The van der Waals surface area contributed by atoms with Gasteiger partial charge in [-0.2, -0.15) is 0 Å². The lowest BCUT2D eigenvalue weighted by molar-refractivity contribution is -0.161. The van der Waals surface area contributed by atoms with Gasteiger partial charge in [0.15, 0.2) is 6.10 Å². The number of aliphatic hydroxyl groups is 1. The average molecular weight is 639 g/mol.